The summed E-state index contributed by atoms with van der Waals surface area (Å²) in [6, 6.07) is 7.71. The summed E-state index contributed by atoms with van der Waals surface area (Å²) in [5.74, 6) is -1.71. The van der Waals surface area contributed by atoms with Crippen LogP contribution < -0.4 is 9.47 Å². The molecule has 2 aromatic rings. The van der Waals surface area contributed by atoms with Gasteiger partial charge in [-0.05, 0) is 24.6 Å². The quantitative estimate of drug-likeness (QED) is 0.427. The lowest BCUT2D eigenvalue weighted by Gasteiger charge is -2.16. The van der Waals surface area contributed by atoms with Crippen molar-refractivity contribution in [1.29, 1.82) is 0 Å². The van der Waals surface area contributed by atoms with E-state index in [1.165, 1.54) is 13.0 Å². The molecule has 0 aliphatic carbocycles. The van der Waals surface area contributed by atoms with Crippen LogP contribution in [0.1, 0.15) is 30.0 Å². The summed E-state index contributed by atoms with van der Waals surface area (Å²) >= 11 is 0. The lowest BCUT2D eigenvalue weighted by Crippen LogP contribution is -2.11. The number of carbonyl (C=O) groups is 1. The predicted molar refractivity (Wildman–Crippen MR) is 82.8 cm³/mol. The van der Waals surface area contributed by atoms with Gasteiger partial charge in [-0.3, -0.25) is 4.79 Å². The van der Waals surface area contributed by atoms with Gasteiger partial charge in [-0.25, -0.2) is 4.39 Å². The van der Waals surface area contributed by atoms with E-state index in [0.29, 0.717) is 17.7 Å². The van der Waals surface area contributed by atoms with Gasteiger partial charge in [0.2, 0.25) is 0 Å². The molecule has 7 heteroatoms. The van der Waals surface area contributed by atoms with Crippen molar-refractivity contribution in [3.05, 3.63) is 58.9 Å². The van der Waals surface area contributed by atoms with Crippen molar-refractivity contribution in [2.45, 2.75) is 33.1 Å². The molecule has 0 unspecified atom stereocenters. The first-order valence-corrected chi connectivity index (χ1v) is 7.51. The average molecular weight is 356 g/mol. The maximum absolute atomic E-state index is 13.7. The van der Waals surface area contributed by atoms with Crippen LogP contribution in [0.5, 0.6) is 11.5 Å². The number of para-hydroxylation sites is 1. The Morgan fingerprint density at radius 2 is 1.80 bits per heavy atom. The van der Waals surface area contributed by atoms with Gasteiger partial charge in [0.25, 0.3) is 0 Å². The highest BCUT2D eigenvalue weighted by atomic mass is 19.4. The molecule has 0 saturated heterocycles. The van der Waals surface area contributed by atoms with Crippen LogP contribution in [0, 0.1) is 12.7 Å². The lowest BCUT2D eigenvalue weighted by atomic mass is 10.1. The summed E-state index contributed by atoms with van der Waals surface area (Å²) in [5.41, 5.74) is -0.815. The second-order valence-electron chi connectivity index (χ2n) is 5.32. The van der Waals surface area contributed by atoms with Crippen molar-refractivity contribution < 1.29 is 31.8 Å². The molecular weight excluding hydrogens is 340 g/mol. The monoisotopic (exact) mass is 356 g/mol. The maximum atomic E-state index is 13.7. The van der Waals surface area contributed by atoms with Crippen LogP contribution in [0.4, 0.5) is 17.6 Å². The van der Waals surface area contributed by atoms with Crippen molar-refractivity contribution in [2.24, 2.45) is 0 Å². The Labute approximate surface area is 142 Å². The number of halogens is 4. The van der Waals surface area contributed by atoms with Gasteiger partial charge in [-0.2, -0.15) is 13.2 Å². The first-order chi connectivity index (χ1) is 11.7. The van der Waals surface area contributed by atoms with Crippen LogP contribution in [0.25, 0.3) is 0 Å². The van der Waals surface area contributed by atoms with E-state index in [9.17, 15) is 22.4 Å². The van der Waals surface area contributed by atoms with E-state index in [2.05, 4.69) is 0 Å². The zero-order chi connectivity index (χ0) is 18.6. The molecule has 0 amide bonds. The number of carbonyl (C=O) groups excluding carboxylic acids is 1. The van der Waals surface area contributed by atoms with E-state index in [-0.39, 0.29) is 24.3 Å². The molecule has 0 heterocycles. The van der Waals surface area contributed by atoms with Crippen LogP contribution in [0.15, 0.2) is 36.4 Å². The Bertz CT molecular complexity index is 769. The molecule has 0 spiro atoms. The van der Waals surface area contributed by atoms with Gasteiger partial charge in [0.1, 0.15) is 23.9 Å². The van der Waals surface area contributed by atoms with Crippen LogP contribution in [0.3, 0.4) is 0 Å². The van der Waals surface area contributed by atoms with Gasteiger partial charge in [-0.1, -0.05) is 25.1 Å². The fourth-order valence-corrected chi connectivity index (χ4v) is 2.08. The molecule has 2 aromatic carbocycles. The lowest BCUT2D eigenvalue weighted by molar-refractivity contribution is -0.139. The number of alkyl halides is 3. The highest BCUT2D eigenvalue weighted by Gasteiger charge is 2.35. The van der Waals surface area contributed by atoms with Crippen LogP contribution >= 0.6 is 0 Å². The topological polar surface area (TPSA) is 35.5 Å². The van der Waals surface area contributed by atoms with E-state index in [1.807, 2.05) is 0 Å². The molecule has 0 atom stereocenters. The Morgan fingerprint density at radius 1 is 1.12 bits per heavy atom. The molecule has 3 nitrogen and oxygen atoms in total. The van der Waals surface area contributed by atoms with Crippen molar-refractivity contribution in [3.63, 3.8) is 0 Å². The van der Waals surface area contributed by atoms with Gasteiger partial charge in [0.15, 0.2) is 0 Å². The highest BCUT2D eigenvalue weighted by Crippen LogP contribution is 2.38. The standard InChI is InChI=1S/C18H16F4O3/c1-3-17(23)25-15-7-5-4-6-12(15)10-24-16-9-14(19)11(2)8-13(16)18(20,21)22/h4-9H,3,10H2,1-2H3. The Hall–Kier alpha value is -2.57. The molecule has 0 saturated carbocycles. The molecular formula is C18H16F4O3. The molecule has 25 heavy (non-hydrogen) atoms. The number of hydrogen-bond acceptors (Lipinski definition) is 3. The molecule has 0 radical (unpaired) electrons. The summed E-state index contributed by atoms with van der Waals surface area (Å²) in [5, 5.41) is 0. The predicted octanol–water partition coefficient (Wildman–Crippen LogP) is 5.05. The number of esters is 1. The second kappa shape index (κ2) is 7.55. The minimum absolute atomic E-state index is 0.128. The molecule has 2 rings (SSSR count). The number of rotatable bonds is 5. The summed E-state index contributed by atoms with van der Waals surface area (Å²) in [6.07, 6.45) is -4.53. The summed E-state index contributed by atoms with van der Waals surface area (Å²) in [6.45, 7) is 2.55. The van der Waals surface area contributed by atoms with Gasteiger partial charge < -0.3 is 9.47 Å². The molecule has 0 aliphatic heterocycles. The van der Waals surface area contributed by atoms with Crippen molar-refractivity contribution in [3.8, 4) is 11.5 Å². The number of hydrogen-bond donors (Lipinski definition) is 0. The third-order valence-electron chi connectivity index (χ3n) is 3.43. The Kier molecular flexibility index (Phi) is 5.66. The molecule has 134 valence electrons. The minimum Gasteiger partial charge on any atom is -0.488 e. The van der Waals surface area contributed by atoms with E-state index in [4.69, 9.17) is 9.47 Å². The minimum atomic E-state index is -4.68. The number of aryl methyl sites for hydroxylation is 1. The first-order valence-electron chi connectivity index (χ1n) is 7.51. The maximum Gasteiger partial charge on any atom is 0.419 e. The fourth-order valence-electron chi connectivity index (χ4n) is 2.08. The summed E-state index contributed by atoms with van der Waals surface area (Å²) in [7, 11) is 0. The molecule has 0 aromatic heterocycles. The number of benzene rings is 2. The first kappa shape index (κ1) is 18.8. The van der Waals surface area contributed by atoms with E-state index in [0.717, 1.165) is 0 Å². The van der Waals surface area contributed by atoms with Gasteiger partial charge in [-0.15, -0.1) is 0 Å². The van der Waals surface area contributed by atoms with Crippen molar-refractivity contribution >= 4 is 5.97 Å². The average Bonchev–Trinajstić information content (AvgIpc) is 2.55. The van der Waals surface area contributed by atoms with E-state index < -0.39 is 29.3 Å². The second-order valence-corrected chi connectivity index (χ2v) is 5.32. The third kappa shape index (κ3) is 4.71. The highest BCUT2D eigenvalue weighted by molar-refractivity contribution is 5.72. The molecule has 0 fully saturated rings. The molecule has 0 bridgehead atoms. The van der Waals surface area contributed by atoms with Crippen LogP contribution in [-0.4, -0.2) is 5.97 Å². The van der Waals surface area contributed by atoms with E-state index in [1.54, 1.807) is 25.1 Å². The number of ether oxygens (including phenoxy) is 2. The van der Waals surface area contributed by atoms with Crippen molar-refractivity contribution in [1.82, 2.24) is 0 Å². The Morgan fingerprint density at radius 3 is 2.44 bits per heavy atom. The summed E-state index contributed by atoms with van der Waals surface area (Å²) in [4.78, 5) is 11.4. The Balaban J connectivity index is 2.28. The van der Waals surface area contributed by atoms with E-state index >= 15 is 0 Å². The largest absolute Gasteiger partial charge is 0.488 e. The fraction of sp³-hybridized carbons (Fsp3) is 0.278. The van der Waals surface area contributed by atoms with Crippen LogP contribution in [0.2, 0.25) is 0 Å². The molecule has 0 N–H and O–H groups in total. The van der Waals surface area contributed by atoms with Gasteiger partial charge in [0.05, 0.1) is 5.56 Å². The van der Waals surface area contributed by atoms with Crippen LogP contribution in [-0.2, 0) is 17.6 Å². The zero-order valence-corrected chi connectivity index (χ0v) is 13.6. The third-order valence-corrected chi connectivity index (χ3v) is 3.43. The smallest absolute Gasteiger partial charge is 0.419 e. The summed E-state index contributed by atoms with van der Waals surface area (Å²) < 4.78 is 63.3. The SMILES string of the molecule is CCC(=O)Oc1ccccc1COc1cc(F)c(C)cc1C(F)(F)F. The van der Waals surface area contributed by atoms with Gasteiger partial charge >= 0.3 is 12.1 Å². The van der Waals surface area contributed by atoms with Crippen molar-refractivity contribution in [2.75, 3.05) is 0 Å². The normalized spacial score (nSPS) is 11.3. The van der Waals surface area contributed by atoms with Gasteiger partial charge in [0, 0.05) is 18.1 Å². The molecule has 0 aliphatic rings. The zero-order valence-electron chi connectivity index (χ0n) is 13.6.